The van der Waals surface area contributed by atoms with E-state index in [1.54, 1.807) is 12.3 Å². The maximum Gasteiger partial charge on any atom is 0.416 e. The zero-order valence-corrected chi connectivity index (χ0v) is 16.4. The summed E-state index contributed by atoms with van der Waals surface area (Å²) in [6, 6.07) is 9.08. The highest BCUT2D eigenvalue weighted by Crippen LogP contribution is 2.34. The smallest absolute Gasteiger partial charge is 0.378 e. The van der Waals surface area contributed by atoms with E-state index in [0.29, 0.717) is 42.8 Å². The van der Waals surface area contributed by atoms with Gasteiger partial charge >= 0.3 is 6.18 Å². The van der Waals surface area contributed by atoms with Gasteiger partial charge in [0.05, 0.1) is 48.6 Å². The van der Waals surface area contributed by atoms with E-state index in [4.69, 9.17) is 16.3 Å². The van der Waals surface area contributed by atoms with Gasteiger partial charge in [-0.1, -0.05) is 11.6 Å². The topological polar surface area (TPSA) is 58.1 Å². The standard InChI is InChI=1S/C20H17ClF3N5O/c21-13-2-3-15-14(10-13)17(11-25-15)27-19-26-16-9-12(20(22,23)24)1-4-18(16)29(19)28-5-7-30-8-6-28/h1-4,9-11,25H,5-8H2,(H,26,27). The summed E-state index contributed by atoms with van der Waals surface area (Å²) in [6.07, 6.45) is -2.65. The van der Waals surface area contributed by atoms with Gasteiger partial charge in [-0.05, 0) is 36.4 Å². The molecule has 156 valence electrons. The second-order valence-electron chi connectivity index (χ2n) is 7.03. The van der Waals surface area contributed by atoms with Gasteiger partial charge < -0.3 is 20.0 Å². The molecule has 2 N–H and O–H groups in total. The predicted octanol–water partition coefficient (Wildman–Crippen LogP) is 4.90. The first-order valence-corrected chi connectivity index (χ1v) is 9.74. The van der Waals surface area contributed by atoms with Crippen LogP contribution in [0.5, 0.6) is 0 Å². The van der Waals surface area contributed by atoms with Gasteiger partial charge in [-0.15, -0.1) is 0 Å². The van der Waals surface area contributed by atoms with Crippen molar-refractivity contribution in [2.45, 2.75) is 6.18 Å². The molecular weight excluding hydrogens is 419 g/mol. The molecule has 1 fully saturated rings. The first kappa shape index (κ1) is 19.1. The summed E-state index contributed by atoms with van der Waals surface area (Å²) in [7, 11) is 0. The van der Waals surface area contributed by atoms with E-state index in [0.717, 1.165) is 28.7 Å². The molecule has 0 amide bonds. The number of rotatable bonds is 3. The zero-order valence-electron chi connectivity index (χ0n) is 15.6. The molecule has 1 aliphatic rings. The quantitative estimate of drug-likeness (QED) is 0.480. The van der Waals surface area contributed by atoms with Gasteiger partial charge in [0.15, 0.2) is 0 Å². The minimum Gasteiger partial charge on any atom is -0.378 e. The van der Waals surface area contributed by atoms with Gasteiger partial charge in [0.1, 0.15) is 0 Å². The van der Waals surface area contributed by atoms with Gasteiger partial charge in [0.2, 0.25) is 5.95 Å². The Morgan fingerprint density at radius 2 is 1.90 bits per heavy atom. The van der Waals surface area contributed by atoms with Crippen LogP contribution in [0.3, 0.4) is 0 Å². The monoisotopic (exact) mass is 435 g/mol. The van der Waals surface area contributed by atoms with Gasteiger partial charge in [-0.25, -0.2) is 9.66 Å². The number of aromatic amines is 1. The second kappa shape index (κ2) is 7.10. The molecule has 6 nitrogen and oxygen atoms in total. The normalized spacial score (nSPS) is 15.3. The van der Waals surface area contributed by atoms with Crippen molar-refractivity contribution in [1.29, 1.82) is 0 Å². The number of hydrogen-bond acceptors (Lipinski definition) is 4. The van der Waals surface area contributed by atoms with Crippen molar-refractivity contribution < 1.29 is 17.9 Å². The Morgan fingerprint density at radius 1 is 1.10 bits per heavy atom. The van der Waals surface area contributed by atoms with Gasteiger partial charge in [0.25, 0.3) is 0 Å². The minimum absolute atomic E-state index is 0.261. The second-order valence-corrected chi connectivity index (χ2v) is 7.47. The SMILES string of the molecule is FC(F)(F)c1ccc2c(c1)nc(Nc1c[nH]c3ccc(Cl)cc13)n2N1CCOCC1. The highest BCUT2D eigenvalue weighted by molar-refractivity contribution is 6.31. The number of imidazole rings is 1. The highest BCUT2D eigenvalue weighted by atomic mass is 35.5. The average molecular weight is 436 g/mol. The molecule has 2 aromatic heterocycles. The fourth-order valence-electron chi connectivity index (χ4n) is 3.68. The first-order valence-electron chi connectivity index (χ1n) is 9.36. The van der Waals surface area contributed by atoms with E-state index in [1.165, 1.54) is 6.07 Å². The lowest BCUT2D eigenvalue weighted by Crippen LogP contribution is -2.44. The van der Waals surface area contributed by atoms with Crippen LogP contribution in [-0.2, 0) is 10.9 Å². The largest absolute Gasteiger partial charge is 0.416 e. The third-order valence-corrected chi connectivity index (χ3v) is 5.35. The summed E-state index contributed by atoms with van der Waals surface area (Å²) >= 11 is 6.14. The van der Waals surface area contributed by atoms with Gasteiger partial charge in [-0.2, -0.15) is 13.2 Å². The summed E-state index contributed by atoms with van der Waals surface area (Å²) in [4.78, 5) is 7.65. The summed E-state index contributed by atoms with van der Waals surface area (Å²) in [5.41, 5.74) is 1.73. The Balaban J connectivity index is 1.64. The number of benzene rings is 2. The maximum absolute atomic E-state index is 13.2. The number of fused-ring (bicyclic) bond motifs is 2. The number of nitrogens with one attached hydrogen (secondary N) is 2. The number of halogens is 4. The molecule has 10 heteroatoms. The van der Waals surface area contributed by atoms with Gasteiger partial charge in [0, 0.05) is 22.1 Å². The number of hydrogen-bond donors (Lipinski definition) is 2. The average Bonchev–Trinajstić information content (AvgIpc) is 3.28. The number of morpholine rings is 1. The number of ether oxygens (including phenoxy) is 1. The molecule has 2 aromatic carbocycles. The van der Waals surface area contributed by atoms with Crippen LogP contribution < -0.4 is 10.3 Å². The number of nitrogens with zero attached hydrogens (tertiary/aromatic N) is 3. The Morgan fingerprint density at radius 3 is 2.67 bits per heavy atom. The third kappa shape index (κ3) is 3.33. The van der Waals surface area contributed by atoms with Crippen molar-refractivity contribution in [3.8, 4) is 0 Å². The van der Waals surface area contributed by atoms with Crippen LogP contribution in [-0.4, -0.2) is 40.9 Å². The number of aromatic nitrogens is 3. The molecule has 0 saturated carbocycles. The van der Waals surface area contributed by atoms with Crippen molar-refractivity contribution >= 4 is 45.2 Å². The molecule has 0 aliphatic carbocycles. The molecule has 1 saturated heterocycles. The Hall–Kier alpha value is -2.91. The highest BCUT2D eigenvalue weighted by Gasteiger charge is 2.31. The number of H-pyrrole nitrogens is 1. The lowest BCUT2D eigenvalue weighted by atomic mass is 10.2. The molecule has 3 heterocycles. The molecule has 4 aromatic rings. The fraction of sp³-hybridized carbons (Fsp3) is 0.250. The van der Waals surface area contributed by atoms with Crippen molar-refractivity contribution in [1.82, 2.24) is 14.6 Å². The van der Waals surface area contributed by atoms with E-state index < -0.39 is 11.7 Å². The van der Waals surface area contributed by atoms with E-state index in [2.05, 4.69) is 15.3 Å². The summed E-state index contributed by atoms with van der Waals surface area (Å²) in [5, 5.41) is 6.72. The van der Waals surface area contributed by atoms with Crippen LogP contribution >= 0.6 is 11.6 Å². The van der Waals surface area contributed by atoms with Crippen LogP contribution in [0.1, 0.15) is 5.56 Å². The Labute approximate surface area is 174 Å². The van der Waals surface area contributed by atoms with E-state index in [9.17, 15) is 13.2 Å². The van der Waals surface area contributed by atoms with E-state index in [1.807, 2.05) is 21.8 Å². The summed E-state index contributed by atoms with van der Waals surface area (Å²) in [6.45, 7) is 2.26. The molecule has 5 rings (SSSR count). The zero-order chi connectivity index (χ0) is 20.9. The molecular formula is C20H17ClF3N5O. The van der Waals surface area contributed by atoms with Gasteiger partial charge in [-0.3, -0.25) is 0 Å². The molecule has 0 unspecified atom stereocenters. The molecule has 30 heavy (non-hydrogen) atoms. The Bertz CT molecular complexity index is 1230. The minimum atomic E-state index is -4.43. The van der Waals surface area contributed by atoms with E-state index >= 15 is 0 Å². The molecule has 0 spiro atoms. The summed E-state index contributed by atoms with van der Waals surface area (Å²) < 4.78 is 46.9. The van der Waals surface area contributed by atoms with Crippen molar-refractivity contribution in [2.24, 2.45) is 0 Å². The molecule has 1 aliphatic heterocycles. The van der Waals surface area contributed by atoms with Crippen molar-refractivity contribution in [3.05, 3.63) is 53.2 Å². The predicted molar refractivity (Wildman–Crippen MR) is 110 cm³/mol. The fourth-order valence-corrected chi connectivity index (χ4v) is 3.85. The van der Waals surface area contributed by atoms with Crippen LogP contribution in [0.25, 0.3) is 21.9 Å². The third-order valence-electron chi connectivity index (χ3n) is 5.12. The van der Waals surface area contributed by atoms with E-state index in [-0.39, 0.29) is 5.52 Å². The summed E-state index contributed by atoms with van der Waals surface area (Å²) in [5.74, 6) is 0.423. The van der Waals surface area contributed by atoms with Crippen molar-refractivity contribution in [2.75, 3.05) is 36.6 Å². The first-order chi connectivity index (χ1) is 14.4. The maximum atomic E-state index is 13.2. The molecule has 0 atom stereocenters. The lowest BCUT2D eigenvalue weighted by Gasteiger charge is -2.31. The lowest BCUT2D eigenvalue weighted by molar-refractivity contribution is -0.137. The van der Waals surface area contributed by atoms with Crippen LogP contribution in [0.4, 0.5) is 24.8 Å². The van der Waals surface area contributed by atoms with Crippen LogP contribution in [0.15, 0.2) is 42.6 Å². The molecule has 0 radical (unpaired) electrons. The van der Waals surface area contributed by atoms with Crippen molar-refractivity contribution in [3.63, 3.8) is 0 Å². The van der Waals surface area contributed by atoms with Crippen LogP contribution in [0.2, 0.25) is 5.02 Å². The number of anilines is 2. The molecule has 0 bridgehead atoms. The van der Waals surface area contributed by atoms with Crippen LogP contribution in [0, 0.1) is 0 Å². The number of alkyl halides is 3. The Kier molecular flexibility index (Phi) is 4.52.